The van der Waals surface area contributed by atoms with Crippen LogP contribution in [0, 0.1) is 5.92 Å². The number of nitrogens with zero attached hydrogens (tertiary/aromatic N) is 2. The van der Waals surface area contributed by atoms with Crippen LogP contribution in [-0.4, -0.2) is 31.5 Å². The normalized spacial score (nSPS) is 14.6. The molecule has 16 heavy (non-hydrogen) atoms. The topological polar surface area (TPSA) is 45.2 Å². The largest absolute Gasteiger partial charge is 0.363 e. The van der Waals surface area contributed by atoms with Crippen molar-refractivity contribution in [1.82, 2.24) is 10.3 Å². The van der Waals surface area contributed by atoms with E-state index in [0.717, 1.165) is 12.4 Å². The molecule has 0 spiro atoms. The van der Waals surface area contributed by atoms with Gasteiger partial charge in [0.15, 0.2) is 0 Å². The Balaban J connectivity index is 2.00. The van der Waals surface area contributed by atoms with Crippen LogP contribution < -0.4 is 10.2 Å². The lowest BCUT2D eigenvalue weighted by atomic mass is 10.2. The molecule has 1 aliphatic rings. The zero-order valence-corrected chi connectivity index (χ0v) is 9.73. The summed E-state index contributed by atoms with van der Waals surface area (Å²) in [6.07, 6.45) is 4.17. The highest BCUT2D eigenvalue weighted by molar-refractivity contribution is 5.94. The summed E-state index contributed by atoms with van der Waals surface area (Å²) in [5.41, 5.74) is 0.680. The molecule has 1 amide bonds. The van der Waals surface area contributed by atoms with Crippen molar-refractivity contribution in [3.8, 4) is 0 Å². The maximum atomic E-state index is 11.8. The van der Waals surface area contributed by atoms with Crippen molar-refractivity contribution in [2.75, 3.05) is 25.5 Å². The molecule has 1 fully saturated rings. The van der Waals surface area contributed by atoms with Gasteiger partial charge >= 0.3 is 0 Å². The van der Waals surface area contributed by atoms with Gasteiger partial charge in [0.2, 0.25) is 0 Å². The van der Waals surface area contributed by atoms with Gasteiger partial charge < -0.3 is 10.2 Å². The van der Waals surface area contributed by atoms with E-state index in [2.05, 4.69) is 10.3 Å². The molecule has 4 nitrogen and oxygen atoms in total. The summed E-state index contributed by atoms with van der Waals surface area (Å²) < 4.78 is 0. The van der Waals surface area contributed by atoms with E-state index >= 15 is 0 Å². The first-order chi connectivity index (χ1) is 7.66. The number of aromatic nitrogens is 1. The van der Waals surface area contributed by atoms with Crippen molar-refractivity contribution in [3.05, 3.63) is 23.9 Å². The number of nitrogens with one attached hydrogen (secondary N) is 1. The molecule has 0 bridgehead atoms. The minimum Gasteiger partial charge on any atom is -0.363 e. The van der Waals surface area contributed by atoms with Gasteiger partial charge in [-0.2, -0.15) is 0 Å². The third-order valence-corrected chi connectivity index (χ3v) is 2.71. The molecule has 4 heteroatoms. The highest BCUT2D eigenvalue weighted by atomic mass is 16.1. The van der Waals surface area contributed by atoms with E-state index in [0.29, 0.717) is 11.5 Å². The number of hydrogen-bond acceptors (Lipinski definition) is 3. The molecule has 1 heterocycles. The lowest BCUT2D eigenvalue weighted by Crippen LogP contribution is -2.25. The lowest BCUT2D eigenvalue weighted by Gasteiger charge is -2.12. The number of pyridine rings is 1. The van der Waals surface area contributed by atoms with Crippen molar-refractivity contribution < 1.29 is 4.79 Å². The van der Waals surface area contributed by atoms with Gasteiger partial charge in [0.25, 0.3) is 5.91 Å². The molecule has 0 aromatic carbocycles. The number of rotatable bonds is 4. The standard InChI is InChI=1S/C12H17N3O/c1-15(2)11-7-10(5-6-13-11)12(16)14-8-9-3-4-9/h5-7,9H,3-4,8H2,1-2H3,(H,14,16). The number of carbonyl (C=O) groups excluding carboxylic acids is 1. The van der Waals surface area contributed by atoms with Crippen LogP contribution in [0.25, 0.3) is 0 Å². The summed E-state index contributed by atoms with van der Waals surface area (Å²) in [6, 6.07) is 3.55. The fraction of sp³-hybridized carbons (Fsp3) is 0.500. The molecule has 0 unspecified atom stereocenters. The van der Waals surface area contributed by atoms with Gasteiger partial charge in [0, 0.05) is 32.4 Å². The molecule has 0 saturated heterocycles. The maximum Gasteiger partial charge on any atom is 0.251 e. The summed E-state index contributed by atoms with van der Waals surface area (Å²) >= 11 is 0. The Morgan fingerprint density at radius 1 is 1.56 bits per heavy atom. The van der Waals surface area contributed by atoms with Crippen molar-refractivity contribution in [1.29, 1.82) is 0 Å². The summed E-state index contributed by atoms with van der Waals surface area (Å²) in [6.45, 7) is 0.804. The molecule has 0 aliphatic heterocycles. The molecule has 1 aromatic rings. The van der Waals surface area contributed by atoms with E-state index in [4.69, 9.17) is 0 Å². The molecular weight excluding hydrogens is 202 g/mol. The summed E-state index contributed by atoms with van der Waals surface area (Å²) in [4.78, 5) is 17.9. The van der Waals surface area contributed by atoms with Crippen molar-refractivity contribution in [2.24, 2.45) is 5.92 Å². The minimum atomic E-state index is -0.00241. The molecule has 2 rings (SSSR count). The van der Waals surface area contributed by atoms with Crippen molar-refractivity contribution in [2.45, 2.75) is 12.8 Å². The summed E-state index contributed by atoms with van der Waals surface area (Å²) in [7, 11) is 3.82. The molecule has 1 aromatic heterocycles. The zero-order chi connectivity index (χ0) is 11.5. The Morgan fingerprint density at radius 3 is 2.94 bits per heavy atom. The lowest BCUT2D eigenvalue weighted by molar-refractivity contribution is 0.0951. The second-order valence-corrected chi connectivity index (χ2v) is 4.45. The van der Waals surface area contributed by atoms with Crippen LogP contribution in [0.1, 0.15) is 23.2 Å². The Kier molecular flexibility index (Phi) is 3.08. The average molecular weight is 219 g/mol. The van der Waals surface area contributed by atoms with Crippen LogP contribution in [0.15, 0.2) is 18.3 Å². The second kappa shape index (κ2) is 4.51. The number of amides is 1. The van der Waals surface area contributed by atoms with E-state index in [1.807, 2.05) is 25.1 Å². The summed E-state index contributed by atoms with van der Waals surface area (Å²) in [5, 5.41) is 2.94. The molecule has 0 radical (unpaired) electrons. The van der Waals surface area contributed by atoms with Gasteiger partial charge in [-0.3, -0.25) is 4.79 Å². The van der Waals surface area contributed by atoms with Crippen LogP contribution in [0.5, 0.6) is 0 Å². The van der Waals surface area contributed by atoms with E-state index in [1.165, 1.54) is 12.8 Å². The zero-order valence-electron chi connectivity index (χ0n) is 9.73. The monoisotopic (exact) mass is 219 g/mol. The predicted molar refractivity (Wildman–Crippen MR) is 63.6 cm³/mol. The first-order valence-electron chi connectivity index (χ1n) is 5.58. The first kappa shape index (κ1) is 10.9. The third-order valence-electron chi connectivity index (χ3n) is 2.71. The number of anilines is 1. The SMILES string of the molecule is CN(C)c1cc(C(=O)NCC2CC2)ccn1. The Bertz CT molecular complexity index is 386. The highest BCUT2D eigenvalue weighted by Crippen LogP contribution is 2.27. The smallest absolute Gasteiger partial charge is 0.251 e. The van der Waals surface area contributed by atoms with Crippen molar-refractivity contribution in [3.63, 3.8) is 0 Å². The van der Waals surface area contributed by atoms with Crippen LogP contribution in [-0.2, 0) is 0 Å². The fourth-order valence-corrected chi connectivity index (χ4v) is 1.47. The molecule has 1 aliphatic carbocycles. The molecule has 1 saturated carbocycles. The average Bonchev–Trinajstić information content (AvgIpc) is 3.10. The van der Waals surface area contributed by atoms with Crippen LogP contribution in [0.3, 0.4) is 0 Å². The third kappa shape index (κ3) is 2.72. The van der Waals surface area contributed by atoms with Crippen LogP contribution in [0.4, 0.5) is 5.82 Å². The van der Waals surface area contributed by atoms with E-state index in [-0.39, 0.29) is 5.91 Å². The van der Waals surface area contributed by atoms with Gasteiger partial charge in [0.05, 0.1) is 0 Å². The quantitative estimate of drug-likeness (QED) is 0.830. The van der Waals surface area contributed by atoms with E-state index in [9.17, 15) is 4.79 Å². The van der Waals surface area contributed by atoms with Crippen LogP contribution >= 0.6 is 0 Å². The fourth-order valence-electron chi connectivity index (χ4n) is 1.47. The molecule has 1 N–H and O–H groups in total. The molecular formula is C12H17N3O. The molecule has 0 atom stereocenters. The van der Waals surface area contributed by atoms with Crippen molar-refractivity contribution >= 4 is 11.7 Å². The molecule has 86 valence electrons. The second-order valence-electron chi connectivity index (χ2n) is 4.45. The Morgan fingerprint density at radius 2 is 2.31 bits per heavy atom. The predicted octanol–water partition coefficient (Wildman–Crippen LogP) is 1.29. The number of carbonyl (C=O) groups is 1. The Hall–Kier alpha value is -1.58. The van der Waals surface area contributed by atoms with Gasteiger partial charge in [-0.25, -0.2) is 4.98 Å². The van der Waals surface area contributed by atoms with Gasteiger partial charge in [-0.1, -0.05) is 0 Å². The van der Waals surface area contributed by atoms with Gasteiger partial charge in [-0.15, -0.1) is 0 Å². The highest BCUT2D eigenvalue weighted by Gasteiger charge is 2.21. The maximum absolute atomic E-state index is 11.8. The first-order valence-corrected chi connectivity index (χ1v) is 5.58. The summed E-state index contributed by atoms with van der Waals surface area (Å²) in [5.74, 6) is 1.51. The Labute approximate surface area is 95.7 Å². The van der Waals surface area contributed by atoms with Gasteiger partial charge in [-0.05, 0) is 30.9 Å². The van der Waals surface area contributed by atoms with Gasteiger partial charge in [0.1, 0.15) is 5.82 Å². The van der Waals surface area contributed by atoms with E-state index < -0.39 is 0 Å². The number of hydrogen-bond donors (Lipinski definition) is 1. The van der Waals surface area contributed by atoms with E-state index in [1.54, 1.807) is 12.3 Å². The minimum absolute atomic E-state index is 0.00241. The van der Waals surface area contributed by atoms with Crippen LogP contribution in [0.2, 0.25) is 0 Å².